The lowest BCUT2D eigenvalue weighted by molar-refractivity contribution is 0.511. The first kappa shape index (κ1) is 8.58. The largest absolute Gasteiger partial charge is 0.0764 e. The number of hydrogen-bond donors (Lipinski definition) is 0. The molecular formula is C11H18. The van der Waals surface area contributed by atoms with Crippen molar-refractivity contribution in [1.82, 2.24) is 0 Å². The van der Waals surface area contributed by atoms with E-state index in [0.29, 0.717) is 5.41 Å². The Balaban J connectivity index is 2.94. The first-order valence-electron chi connectivity index (χ1n) is 4.30. The Bertz CT molecular complexity index is 221. The van der Waals surface area contributed by atoms with Crippen LogP contribution in [-0.2, 0) is 0 Å². The van der Waals surface area contributed by atoms with Gasteiger partial charge in [-0.25, -0.2) is 0 Å². The summed E-state index contributed by atoms with van der Waals surface area (Å²) >= 11 is 0. The van der Waals surface area contributed by atoms with Gasteiger partial charge in [-0.1, -0.05) is 32.4 Å². The summed E-state index contributed by atoms with van der Waals surface area (Å²) in [5.74, 6) is 0. The molecule has 0 saturated carbocycles. The maximum Gasteiger partial charge on any atom is -0.0130 e. The summed E-state index contributed by atoms with van der Waals surface area (Å²) in [4.78, 5) is 0. The second-order valence-electron chi connectivity index (χ2n) is 4.48. The predicted molar refractivity (Wildman–Crippen MR) is 50.5 cm³/mol. The van der Waals surface area contributed by atoms with Crippen LogP contribution in [-0.4, -0.2) is 0 Å². The summed E-state index contributed by atoms with van der Waals surface area (Å²) in [5, 5.41) is 0. The maximum atomic E-state index is 2.37. The minimum atomic E-state index is 0.335. The van der Waals surface area contributed by atoms with Crippen LogP contribution in [0.1, 0.15) is 41.0 Å². The van der Waals surface area contributed by atoms with Gasteiger partial charge in [-0.2, -0.15) is 0 Å². The van der Waals surface area contributed by atoms with Gasteiger partial charge in [0.1, 0.15) is 0 Å². The topological polar surface area (TPSA) is 0 Å². The van der Waals surface area contributed by atoms with Crippen LogP contribution in [0.2, 0.25) is 0 Å². The van der Waals surface area contributed by atoms with Gasteiger partial charge >= 0.3 is 0 Å². The molecule has 0 heterocycles. The van der Waals surface area contributed by atoms with Crippen molar-refractivity contribution in [2.24, 2.45) is 5.41 Å². The van der Waals surface area contributed by atoms with Crippen molar-refractivity contribution in [2.45, 2.75) is 41.0 Å². The van der Waals surface area contributed by atoms with Crippen LogP contribution in [0.25, 0.3) is 0 Å². The molecule has 0 unspecified atom stereocenters. The van der Waals surface area contributed by atoms with E-state index >= 15 is 0 Å². The Morgan fingerprint density at radius 3 is 1.91 bits per heavy atom. The van der Waals surface area contributed by atoms with Gasteiger partial charge in [0.05, 0.1) is 0 Å². The molecule has 0 fully saturated rings. The van der Waals surface area contributed by atoms with Gasteiger partial charge < -0.3 is 0 Å². The standard InChI is InChI=1S/C11H18/c1-8-6-7-10(9(8)2)11(3,4)5/h7H,6H2,1-5H3. The smallest absolute Gasteiger partial charge is 0.0130 e. The maximum absolute atomic E-state index is 2.37. The number of rotatable bonds is 0. The van der Waals surface area contributed by atoms with Crippen LogP contribution in [0.15, 0.2) is 22.8 Å². The van der Waals surface area contributed by atoms with Crippen LogP contribution in [0.3, 0.4) is 0 Å². The lowest BCUT2D eigenvalue weighted by atomic mass is 9.83. The summed E-state index contributed by atoms with van der Waals surface area (Å²) in [6, 6.07) is 0. The highest BCUT2D eigenvalue weighted by Gasteiger charge is 2.22. The molecule has 0 radical (unpaired) electrons. The van der Waals surface area contributed by atoms with E-state index in [1.165, 1.54) is 23.1 Å². The molecule has 1 aliphatic carbocycles. The molecule has 62 valence electrons. The molecule has 0 atom stereocenters. The third kappa shape index (κ3) is 1.55. The van der Waals surface area contributed by atoms with Crippen LogP contribution in [0.5, 0.6) is 0 Å². The Morgan fingerprint density at radius 1 is 1.18 bits per heavy atom. The van der Waals surface area contributed by atoms with E-state index in [2.05, 4.69) is 40.7 Å². The molecule has 0 N–H and O–H groups in total. The molecule has 0 aromatic rings. The van der Waals surface area contributed by atoms with E-state index in [1.54, 1.807) is 0 Å². The summed E-state index contributed by atoms with van der Waals surface area (Å²) in [7, 11) is 0. The first-order valence-corrected chi connectivity index (χ1v) is 4.30. The van der Waals surface area contributed by atoms with Gasteiger partial charge in [0.25, 0.3) is 0 Å². The molecule has 0 bridgehead atoms. The molecular weight excluding hydrogens is 132 g/mol. The van der Waals surface area contributed by atoms with Gasteiger partial charge in [-0.05, 0) is 36.8 Å². The normalized spacial score (nSPS) is 19.2. The van der Waals surface area contributed by atoms with Crippen molar-refractivity contribution in [3.63, 3.8) is 0 Å². The van der Waals surface area contributed by atoms with Gasteiger partial charge in [-0.3, -0.25) is 0 Å². The van der Waals surface area contributed by atoms with Gasteiger partial charge in [-0.15, -0.1) is 0 Å². The monoisotopic (exact) mass is 150 g/mol. The molecule has 0 spiro atoms. The van der Waals surface area contributed by atoms with E-state index in [9.17, 15) is 0 Å². The van der Waals surface area contributed by atoms with Crippen LogP contribution < -0.4 is 0 Å². The Morgan fingerprint density at radius 2 is 1.73 bits per heavy atom. The molecule has 1 rings (SSSR count). The van der Waals surface area contributed by atoms with Crippen LogP contribution in [0, 0.1) is 5.41 Å². The lowest BCUT2D eigenvalue weighted by Crippen LogP contribution is -2.08. The van der Waals surface area contributed by atoms with Crippen molar-refractivity contribution in [1.29, 1.82) is 0 Å². The molecule has 1 aliphatic rings. The zero-order valence-corrected chi connectivity index (χ0v) is 8.28. The molecule has 0 aliphatic heterocycles. The highest BCUT2D eigenvalue weighted by Crippen LogP contribution is 2.37. The molecule has 0 nitrogen and oxygen atoms in total. The first-order chi connectivity index (χ1) is 4.93. The second kappa shape index (κ2) is 2.51. The molecule has 0 saturated heterocycles. The minimum Gasteiger partial charge on any atom is -0.0764 e. The third-order valence-electron chi connectivity index (χ3n) is 2.46. The van der Waals surface area contributed by atoms with Crippen molar-refractivity contribution in [3.8, 4) is 0 Å². The fourth-order valence-corrected chi connectivity index (χ4v) is 1.66. The van der Waals surface area contributed by atoms with E-state index in [4.69, 9.17) is 0 Å². The van der Waals surface area contributed by atoms with Crippen LogP contribution in [0.4, 0.5) is 0 Å². The number of allylic oxidation sites excluding steroid dienone is 4. The number of hydrogen-bond acceptors (Lipinski definition) is 0. The molecule has 0 aromatic carbocycles. The highest BCUT2D eigenvalue weighted by atomic mass is 14.3. The van der Waals surface area contributed by atoms with E-state index in [1.807, 2.05) is 0 Å². The molecule has 0 heteroatoms. The van der Waals surface area contributed by atoms with Crippen LogP contribution >= 0.6 is 0 Å². The fourth-order valence-electron chi connectivity index (χ4n) is 1.66. The van der Waals surface area contributed by atoms with E-state index in [0.717, 1.165) is 0 Å². The lowest BCUT2D eigenvalue weighted by Gasteiger charge is -2.21. The average molecular weight is 150 g/mol. The van der Waals surface area contributed by atoms with Gasteiger partial charge in [0.2, 0.25) is 0 Å². The average Bonchev–Trinajstić information content (AvgIpc) is 2.11. The van der Waals surface area contributed by atoms with Gasteiger partial charge in [0.15, 0.2) is 0 Å². The zero-order chi connectivity index (χ0) is 8.65. The van der Waals surface area contributed by atoms with Crippen molar-refractivity contribution in [2.75, 3.05) is 0 Å². The van der Waals surface area contributed by atoms with Crippen molar-refractivity contribution >= 4 is 0 Å². The van der Waals surface area contributed by atoms with E-state index < -0.39 is 0 Å². The van der Waals surface area contributed by atoms with Gasteiger partial charge in [0, 0.05) is 0 Å². The summed E-state index contributed by atoms with van der Waals surface area (Å²) in [5.41, 5.74) is 4.92. The molecule has 0 aromatic heterocycles. The summed E-state index contributed by atoms with van der Waals surface area (Å²) < 4.78 is 0. The summed E-state index contributed by atoms with van der Waals surface area (Å²) in [6.07, 6.45) is 3.53. The second-order valence-corrected chi connectivity index (χ2v) is 4.48. The Labute approximate surface area is 70.0 Å². The molecule has 0 amide bonds. The van der Waals surface area contributed by atoms with Crippen molar-refractivity contribution < 1.29 is 0 Å². The third-order valence-corrected chi connectivity index (χ3v) is 2.46. The predicted octanol–water partition coefficient (Wildman–Crippen LogP) is 3.70. The SMILES string of the molecule is CC1=C(C)C(C(C)(C)C)=CC1. The quantitative estimate of drug-likeness (QED) is 0.494. The Kier molecular flexibility index (Phi) is 1.96. The highest BCUT2D eigenvalue weighted by molar-refractivity contribution is 5.43. The van der Waals surface area contributed by atoms with E-state index in [-0.39, 0.29) is 0 Å². The zero-order valence-electron chi connectivity index (χ0n) is 8.28. The minimum absolute atomic E-state index is 0.335. The van der Waals surface area contributed by atoms with Crippen molar-refractivity contribution in [3.05, 3.63) is 22.8 Å². The Hall–Kier alpha value is -0.520. The fraction of sp³-hybridized carbons (Fsp3) is 0.636. The molecule has 11 heavy (non-hydrogen) atoms. The summed E-state index contributed by atoms with van der Waals surface area (Å²) in [6.45, 7) is 11.3.